The van der Waals surface area contributed by atoms with Gasteiger partial charge >= 0.3 is 0 Å². The van der Waals surface area contributed by atoms with E-state index in [1.54, 1.807) is 12.1 Å². The molecule has 1 aliphatic carbocycles. The highest BCUT2D eigenvalue weighted by Gasteiger charge is 2.23. The molecule has 0 atom stereocenters. The van der Waals surface area contributed by atoms with E-state index >= 15 is 0 Å². The predicted octanol–water partition coefficient (Wildman–Crippen LogP) is 3.65. The Bertz CT molecular complexity index is 361. The molecule has 1 saturated carbocycles. The van der Waals surface area contributed by atoms with E-state index in [2.05, 4.69) is 4.72 Å². The van der Waals surface area contributed by atoms with Gasteiger partial charge in [0.25, 0.3) is 5.91 Å². The molecule has 1 amide bonds. The van der Waals surface area contributed by atoms with E-state index in [0.29, 0.717) is 17.4 Å². The minimum absolute atomic E-state index is 0.0278. The van der Waals surface area contributed by atoms with Crippen LogP contribution in [0.3, 0.4) is 0 Å². The lowest BCUT2D eigenvalue weighted by Crippen LogP contribution is -2.16. The quantitative estimate of drug-likeness (QED) is 0.828. The monoisotopic (exact) mass is 267 g/mol. The first-order valence-electron chi connectivity index (χ1n) is 6.48. The molecule has 0 saturated heterocycles. The van der Waals surface area contributed by atoms with Crippen molar-refractivity contribution in [2.75, 3.05) is 6.61 Å². The fourth-order valence-electron chi connectivity index (χ4n) is 1.25. The summed E-state index contributed by atoms with van der Waals surface area (Å²) in [5, 5.41) is 0.631. The maximum Gasteiger partial charge on any atom is 0.261 e. The van der Waals surface area contributed by atoms with Gasteiger partial charge in [0.15, 0.2) is 0 Å². The molecule has 18 heavy (non-hydrogen) atoms. The van der Waals surface area contributed by atoms with Gasteiger partial charge in [0.1, 0.15) is 5.75 Å². The maximum atomic E-state index is 11.7. The summed E-state index contributed by atoms with van der Waals surface area (Å²) in [6, 6.07) is 7.21. The average Bonchev–Trinajstić information content (AvgIpc) is 3.24. The Morgan fingerprint density at radius 1 is 1.33 bits per heavy atom. The van der Waals surface area contributed by atoms with Crippen molar-refractivity contribution in [3.8, 4) is 5.75 Å². The van der Waals surface area contributed by atoms with Gasteiger partial charge in [-0.1, -0.05) is 13.8 Å². The van der Waals surface area contributed by atoms with Gasteiger partial charge in [-0.25, -0.2) is 0 Å². The van der Waals surface area contributed by atoms with Gasteiger partial charge in [0.05, 0.1) is 6.61 Å². The largest absolute Gasteiger partial charge is 0.494 e. The van der Waals surface area contributed by atoms with E-state index in [4.69, 9.17) is 4.74 Å². The summed E-state index contributed by atoms with van der Waals surface area (Å²) in [4.78, 5) is 11.7. The van der Waals surface area contributed by atoms with Gasteiger partial charge < -0.3 is 4.74 Å². The molecule has 4 heteroatoms. The molecule has 0 bridgehead atoms. The minimum atomic E-state index is -0.0278. The molecule has 1 N–H and O–H groups in total. The summed E-state index contributed by atoms with van der Waals surface area (Å²) in [6.45, 7) is 6.58. The van der Waals surface area contributed by atoms with Crippen LogP contribution < -0.4 is 9.46 Å². The van der Waals surface area contributed by atoms with E-state index in [1.165, 1.54) is 24.8 Å². The average molecular weight is 267 g/mol. The molecule has 2 rings (SSSR count). The Labute approximate surface area is 113 Å². The zero-order valence-electron chi connectivity index (χ0n) is 11.2. The standard InChI is InChI=1S/C12H15NO2S.C2H6/c1-2-15-10-5-3-9(4-6-10)12(14)13-16-11-7-8-11;1-2/h3-6,11H,2,7-8H2,1H3,(H,13,14);1-2H3. The lowest BCUT2D eigenvalue weighted by atomic mass is 10.2. The van der Waals surface area contributed by atoms with Gasteiger partial charge in [-0.2, -0.15) is 0 Å². The molecule has 1 fully saturated rings. The Kier molecular flexibility index (Phi) is 6.65. The highest BCUT2D eigenvalue weighted by atomic mass is 32.2. The van der Waals surface area contributed by atoms with Gasteiger partial charge in [-0.3, -0.25) is 9.52 Å². The van der Waals surface area contributed by atoms with E-state index in [0.717, 1.165) is 5.75 Å². The van der Waals surface area contributed by atoms with Gasteiger partial charge in [-0.15, -0.1) is 0 Å². The molecule has 100 valence electrons. The van der Waals surface area contributed by atoms with Crippen molar-refractivity contribution in [3.63, 3.8) is 0 Å². The van der Waals surface area contributed by atoms with Crippen LogP contribution in [0.2, 0.25) is 0 Å². The molecule has 0 aromatic heterocycles. The van der Waals surface area contributed by atoms with Crippen LogP contribution in [0.4, 0.5) is 0 Å². The number of hydrogen-bond acceptors (Lipinski definition) is 3. The van der Waals surface area contributed by atoms with Crippen LogP contribution in [-0.4, -0.2) is 17.8 Å². The van der Waals surface area contributed by atoms with Crippen molar-refractivity contribution in [1.82, 2.24) is 4.72 Å². The van der Waals surface area contributed by atoms with Crippen LogP contribution in [-0.2, 0) is 0 Å². The van der Waals surface area contributed by atoms with Crippen molar-refractivity contribution < 1.29 is 9.53 Å². The number of ether oxygens (including phenoxy) is 1. The normalized spacial score (nSPS) is 13.3. The smallest absolute Gasteiger partial charge is 0.261 e. The van der Waals surface area contributed by atoms with Crippen LogP contribution in [0.1, 0.15) is 44.0 Å². The molecule has 0 aliphatic heterocycles. The summed E-state index contributed by atoms with van der Waals surface area (Å²) < 4.78 is 8.16. The zero-order valence-corrected chi connectivity index (χ0v) is 12.0. The van der Waals surface area contributed by atoms with Crippen LogP contribution >= 0.6 is 11.9 Å². The molecule has 1 aromatic carbocycles. The highest BCUT2D eigenvalue weighted by Crippen LogP contribution is 2.31. The van der Waals surface area contributed by atoms with E-state index < -0.39 is 0 Å². The third kappa shape index (κ3) is 5.00. The van der Waals surface area contributed by atoms with Gasteiger partial charge in [0.2, 0.25) is 0 Å². The van der Waals surface area contributed by atoms with Gasteiger partial charge in [-0.05, 0) is 56.0 Å². The molecule has 0 unspecified atom stereocenters. The molecule has 0 radical (unpaired) electrons. The van der Waals surface area contributed by atoms with E-state index in [9.17, 15) is 4.79 Å². The summed E-state index contributed by atoms with van der Waals surface area (Å²) in [5.41, 5.74) is 0.677. The third-order valence-corrected chi connectivity index (χ3v) is 3.38. The van der Waals surface area contributed by atoms with Gasteiger partial charge in [0, 0.05) is 10.8 Å². The number of carbonyl (C=O) groups is 1. The summed E-state index contributed by atoms with van der Waals surface area (Å²) in [5.74, 6) is 0.772. The van der Waals surface area contributed by atoms with Crippen molar-refractivity contribution in [1.29, 1.82) is 0 Å². The second-order valence-electron chi connectivity index (χ2n) is 3.71. The molecular formula is C14H21NO2S. The first-order valence-corrected chi connectivity index (χ1v) is 7.36. The van der Waals surface area contributed by atoms with Crippen LogP contribution in [0.5, 0.6) is 5.75 Å². The first-order chi connectivity index (χ1) is 8.79. The lowest BCUT2D eigenvalue weighted by Gasteiger charge is -2.05. The molecule has 1 aliphatic rings. The maximum absolute atomic E-state index is 11.7. The molecule has 0 spiro atoms. The van der Waals surface area contributed by atoms with Crippen molar-refractivity contribution >= 4 is 17.9 Å². The predicted molar refractivity (Wildman–Crippen MR) is 77.0 cm³/mol. The molecule has 1 aromatic rings. The minimum Gasteiger partial charge on any atom is -0.494 e. The number of benzene rings is 1. The van der Waals surface area contributed by atoms with Crippen LogP contribution in [0.15, 0.2) is 24.3 Å². The Hall–Kier alpha value is -1.16. The molecule has 3 nitrogen and oxygen atoms in total. The summed E-state index contributed by atoms with van der Waals surface area (Å²) in [7, 11) is 0. The van der Waals surface area contributed by atoms with E-state index in [-0.39, 0.29) is 5.91 Å². The van der Waals surface area contributed by atoms with Crippen molar-refractivity contribution in [2.24, 2.45) is 0 Å². The fraction of sp³-hybridized carbons (Fsp3) is 0.500. The number of nitrogens with one attached hydrogen (secondary N) is 1. The number of amides is 1. The van der Waals surface area contributed by atoms with Crippen LogP contribution in [0, 0.1) is 0 Å². The number of carbonyl (C=O) groups excluding carboxylic acids is 1. The van der Waals surface area contributed by atoms with Crippen LogP contribution in [0.25, 0.3) is 0 Å². The number of hydrogen-bond donors (Lipinski definition) is 1. The fourth-order valence-corrected chi connectivity index (χ4v) is 2.01. The summed E-state index contributed by atoms with van der Waals surface area (Å²) >= 11 is 1.53. The topological polar surface area (TPSA) is 38.3 Å². The molecule has 0 heterocycles. The first kappa shape index (κ1) is 14.9. The second kappa shape index (κ2) is 8.03. The lowest BCUT2D eigenvalue weighted by molar-refractivity contribution is 0.0984. The summed E-state index contributed by atoms with van der Waals surface area (Å²) in [6.07, 6.45) is 2.43. The number of rotatable bonds is 5. The van der Waals surface area contributed by atoms with Crippen molar-refractivity contribution in [2.45, 2.75) is 38.9 Å². The SMILES string of the molecule is CC.CCOc1ccc(C(=O)NSC2CC2)cc1. The van der Waals surface area contributed by atoms with Crippen molar-refractivity contribution in [3.05, 3.63) is 29.8 Å². The van der Waals surface area contributed by atoms with E-state index in [1.807, 2.05) is 32.9 Å². The second-order valence-corrected chi connectivity index (χ2v) is 4.81. The zero-order chi connectivity index (χ0) is 13.4. The Balaban J connectivity index is 0.000000771. The third-order valence-electron chi connectivity index (χ3n) is 2.27. The highest BCUT2D eigenvalue weighted by molar-refractivity contribution is 7.98. The Morgan fingerprint density at radius 3 is 2.44 bits per heavy atom. The Morgan fingerprint density at radius 2 is 1.94 bits per heavy atom. The molecular weight excluding hydrogens is 246 g/mol.